The summed E-state index contributed by atoms with van der Waals surface area (Å²) in [6.45, 7) is 5.52. The Hall–Kier alpha value is -1.81. The summed E-state index contributed by atoms with van der Waals surface area (Å²) in [6.07, 6.45) is 0. The van der Waals surface area contributed by atoms with Crippen molar-refractivity contribution in [3.8, 4) is 5.75 Å². The number of nitrogens with one attached hydrogen (secondary N) is 1. The molecule has 1 N–H and O–H groups in total. The second-order valence-electron chi connectivity index (χ2n) is 4.89. The number of hydrogen-bond acceptors (Lipinski definition) is 4. The summed E-state index contributed by atoms with van der Waals surface area (Å²) in [5.74, 6) is 0.776. The van der Waals surface area contributed by atoms with E-state index in [2.05, 4.69) is 5.32 Å². The highest BCUT2D eigenvalue weighted by Gasteiger charge is 2.31. The number of rotatable bonds is 2. The number of fused-ring (bicyclic) bond motifs is 3. The Morgan fingerprint density at radius 3 is 2.95 bits per heavy atom. The van der Waals surface area contributed by atoms with Crippen LogP contribution in [0.15, 0.2) is 33.5 Å². The van der Waals surface area contributed by atoms with E-state index in [1.54, 1.807) is 6.07 Å². The summed E-state index contributed by atoms with van der Waals surface area (Å²) in [6, 6.07) is 7.65. The van der Waals surface area contributed by atoms with E-state index in [-0.39, 0.29) is 17.6 Å². The third kappa shape index (κ3) is 1.92. The van der Waals surface area contributed by atoms with E-state index in [9.17, 15) is 4.79 Å². The zero-order valence-electron chi connectivity index (χ0n) is 11.1. The normalized spacial score (nSPS) is 22.0. The molecule has 1 aromatic heterocycles. The lowest BCUT2D eigenvalue weighted by Gasteiger charge is -2.31. The fourth-order valence-corrected chi connectivity index (χ4v) is 2.70. The molecule has 1 aromatic carbocycles. The molecule has 4 nitrogen and oxygen atoms in total. The molecule has 2 unspecified atom stereocenters. The van der Waals surface area contributed by atoms with Crippen molar-refractivity contribution in [2.75, 3.05) is 13.2 Å². The molecule has 0 aliphatic carbocycles. The number of benzene rings is 1. The van der Waals surface area contributed by atoms with E-state index in [0.29, 0.717) is 23.5 Å². The van der Waals surface area contributed by atoms with E-state index in [4.69, 9.17) is 9.15 Å². The second-order valence-corrected chi connectivity index (χ2v) is 4.89. The van der Waals surface area contributed by atoms with Crippen molar-refractivity contribution in [1.29, 1.82) is 0 Å². The third-order valence-electron chi connectivity index (χ3n) is 3.73. The summed E-state index contributed by atoms with van der Waals surface area (Å²) < 4.78 is 11.2. The van der Waals surface area contributed by atoms with Gasteiger partial charge in [-0.25, -0.2) is 4.79 Å². The Morgan fingerprint density at radius 1 is 1.37 bits per heavy atom. The molecule has 1 aliphatic heterocycles. The van der Waals surface area contributed by atoms with Crippen LogP contribution in [0.2, 0.25) is 0 Å². The molecule has 4 heteroatoms. The third-order valence-corrected chi connectivity index (χ3v) is 3.73. The zero-order chi connectivity index (χ0) is 13.4. The van der Waals surface area contributed by atoms with E-state index in [0.717, 1.165) is 11.9 Å². The molecule has 0 bridgehead atoms. The van der Waals surface area contributed by atoms with Crippen LogP contribution in [-0.4, -0.2) is 19.2 Å². The van der Waals surface area contributed by atoms with Gasteiger partial charge < -0.3 is 14.5 Å². The number of likely N-dealkylation sites (N-methyl/N-ethyl adjacent to an activating group) is 1. The van der Waals surface area contributed by atoms with Crippen molar-refractivity contribution in [2.45, 2.75) is 25.8 Å². The Labute approximate surface area is 111 Å². The van der Waals surface area contributed by atoms with Crippen molar-refractivity contribution >= 4 is 11.0 Å². The monoisotopic (exact) mass is 259 g/mol. The van der Waals surface area contributed by atoms with Gasteiger partial charge in [0, 0.05) is 12.0 Å². The minimum atomic E-state index is -0.288. The van der Waals surface area contributed by atoms with E-state index < -0.39 is 0 Å². The molecule has 19 heavy (non-hydrogen) atoms. The van der Waals surface area contributed by atoms with Crippen molar-refractivity contribution in [2.24, 2.45) is 0 Å². The molecule has 2 heterocycles. The summed E-state index contributed by atoms with van der Waals surface area (Å²) in [5.41, 5.74) is 0.944. The maximum Gasteiger partial charge on any atom is 0.343 e. The predicted molar refractivity (Wildman–Crippen MR) is 73.9 cm³/mol. The fourth-order valence-electron chi connectivity index (χ4n) is 2.70. The molecule has 0 amide bonds. The smallest absolute Gasteiger partial charge is 0.343 e. The summed E-state index contributed by atoms with van der Waals surface area (Å²) >= 11 is 0. The molecule has 2 atom stereocenters. The van der Waals surface area contributed by atoms with Crippen LogP contribution < -0.4 is 15.7 Å². The second kappa shape index (κ2) is 4.70. The van der Waals surface area contributed by atoms with Gasteiger partial charge in [0.1, 0.15) is 17.9 Å². The van der Waals surface area contributed by atoms with E-state index in [1.165, 1.54) is 0 Å². The molecule has 0 spiro atoms. The van der Waals surface area contributed by atoms with Crippen LogP contribution in [0.5, 0.6) is 5.75 Å². The van der Waals surface area contributed by atoms with Crippen LogP contribution >= 0.6 is 0 Å². The summed E-state index contributed by atoms with van der Waals surface area (Å²) in [5, 5.41) is 4.22. The van der Waals surface area contributed by atoms with Gasteiger partial charge in [0.2, 0.25) is 0 Å². The van der Waals surface area contributed by atoms with Crippen molar-refractivity contribution in [3.05, 3.63) is 40.2 Å². The first kappa shape index (κ1) is 12.2. The molecule has 1 aliphatic rings. The van der Waals surface area contributed by atoms with Crippen LogP contribution in [0, 0.1) is 0 Å². The van der Waals surface area contributed by atoms with Gasteiger partial charge in [-0.15, -0.1) is 0 Å². The molecule has 0 radical (unpaired) electrons. The first-order chi connectivity index (χ1) is 9.22. The first-order valence-corrected chi connectivity index (χ1v) is 6.64. The lowest BCUT2D eigenvalue weighted by Crippen LogP contribution is -2.43. The van der Waals surface area contributed by atoms with Gasteiger partial charge in [0.05, 0.1) is 10.9 Å². The fraction of sp³-hybridized carbons (Fsp3) is 0.400. The zero-order valence-corrected chi connectivity index (χ0v) is 11.1. The molecule has 2 aromatic rings. The van der Waals surface area contributed by atoms with Gasteiger partial charge in [-0.05, 0) is 18.7 Å². The molecule has 3 rings (SSSR count). The van der Waals surface area contributed by atoms with Crippen LogP contribution in [0.4, 0.5) is 0 Å². The predicted octanol–water partition coefficient (Wildman–Crippen LogP) is 2.27. The Balaban J connectivity index is 2.19. The van der Waals surface area contributed by atoms with Gasteiger partial charge in [-0.3, -0.25) is 0 Å². The standard InChI is InChI=1S/C15H17NO3/c1-3-16-11-8-18-14-10-6-4-5-7-12(10)19-15(17)13(14)9(11)2/h4-7,9,11,16H,3,8H2,1-2H3. The molecule has 0 fully saturated rings. The lowest BCUT2D eigenvalue weighted by atomic mass is 9.91. The minimum Gasteiger partial charge on any atom is -0.491 e. The molecular formula is C15H17NO3. The average Bonchev–Trinajstić information content (AvgIpc) is 2.41. The van der Waals surface area contributed by atoms with Gasteiger partial charge >= 0.3 is 5.63 Å². The van der Waals surface area contributed by atoms with Crippen molar-refractivity contribution in [1.82, 2.24) is 5.32 Å². The number of para-hydroxylation sites is 1. The van der Waals surface area contributed by atoms with Crippen molar-refractivity contribution in [3.63, 3.8) is 0 Å². The van der Waals surface area contributed by atoms with Crippen LogP contribution in [0.1, 0.15) is 25.3 Å². The minimum absolute atomic E-state index is 0.0876. The van der Waals surface area contributed by atoms with Gasteiger partial charge in [0.15, 0.2) is 0 Å². The topological polar surface area (TPSA) is 51.5 Å². The summed E-state index contributed by atoms with van der Waals surface area (Å²) in [4.78, 5) is 12.2. The molecular weight excluding hydrogens is 242 g/mol. The molecule has 0 saturated carbocycles. The number of ether oxygens (including phenoxy) is 1. The van der Waals surface area contributed by atoms with Crippen LogP contribution in [0.3, 0.4) is 0 Å². The quantitative estimate of drug-likeness (QED) is 0.841. The summed E-state index contributed by atoms with van der Waals surface area (Å²) in [7, 11) is 0. The lowest BCUT2D eigenvalue weighted by molar-refractivity contribution is 0.218. The van der Waals surface area contributed by atoms with Crippen molar-refractivity contribution < 1.29 is 9.15 Å². The Kier molecular flexibility index (Phi) is 3.03. The number of hydrogen-bond donors (Lipinski definition) is 1. The SMILES string of the molecule is CCNC1COc2c(c(=O)oc3ccccc23)C1C. The highest BCUT2D eigenvalue weighted by atomic mass is 16.5. The largest absolute Gasteiger partial charge is 0.491 e. The van der Waals surface area contributed by atoms with Crippen LogP contribution in [-0.2, 0) is 0 Å². The maximum atomic E-state index is 12.2. The molecule has 100 valence electrons. The highest BCUT2D eigenvalue weighted by Crippen LogP contribution is 2.36. The van der Waals surface area contributed by atoms with E-state index in [1.807, 2.05) is 32.0 Å². The average molecular weight is 259 g/mol. The van der Waals surface area contributed by atoms with Gasteiger partial charge in [0.25, 0.3) is 0 Å². The van der Waals surface area contributed by atoms with Gasteiger partial charge in [-0.2, -0.15) is 0 Å². The highest BCUT2D eigenvalue weighted by molar-refractivity contribution is 5.84. The first-order valence-electron chi connectivity index (χ1n) is 6.64. The Morgan fingerprint density at radius 2 is 2.16 bits per heavy atom. The van der Waals surface area contributed by atoms with E-state index >= 15 is 0 Å². The Bertz CT molecular complexity index is 662. The maximum absolute atomic E-state index is 12.2. The van der Waals surface area contributed by atoms with Crippen LogP contribution in [0.25, 0.3) is 11.0 Å². The molecule has 0 saturated heterocycles. The van der Waals surface area contributed by atoms with Gasteiger partial charge in [-0.1, -0.05) is 26.0 Å².